The molecule has 9 heteroatoms. The molecule has 5 bridgehead atoms. The van der Waals surface area contributed by atoms with Crippen molar-refractivity contribution in [2.24, 2.45) is 11.3 Å². The quantitative estimate of drug-likeness (QED) is 0.479. The van der Waals surface area contributed by atoms with Crippen LogP contribution in [0.25, 0.3) is 17.0 Å². The number of pyridine rings is 1. The molecule has 3 heterocycles. The van der Waals surface area contributed by atoms with Gasteiger partial charge >= 0.3 is 5.97 Å². The van der Waals surface area contributed by atoms with E-state index in [4.69, 9.17) is 9.72 Å². The number of rotatable bonds is 1. The molecule has 4 unspecified atom stereocenters. The molecule has 2 aliphatic rings. The number of hydrogen-bond donors (Lipinski definition) is 3. The zero-order valence-electron chi connectivity index (χ0n) is 23.8. The highest BCUT2D eigenvalue weighted by molar-refractivity contribution is 5.90. The van der Waals surface area contributed by atoms with Crippen molar-refractivity contribution in [2.75, 3.05) is 13.1 Å². The molecule has 1 aromatic heterocycles. The Morgan fingerprint density at radius 2 is 1.85 bits per heavy atom. The van der Waals surface area contributed by atoms with E-state index in [1.165, 1.54) is 5.01 Å². The van der Waals surface area contributed by atoms with Crippen LogP contribution in [0.4, 0.5) is 0 Å². The van der Waals surface area contributed by atoms with E-state index in [9.17, 15) is 14.4 Å². The predicted octanol–water partition coefficient (Wildman–Crippen LogP) is 3.51. The molecule has 1 aromatic carbocycles. The summed E-state index contributed by atoms with van der Waals surface area (Å²) in [7, 11) is 0. The molecule has 2 aliphatic heterocycles. The first-order valence-electron chi connectivity index (χ1n) is 13.9. The molecular formula is C30H41N5O4. The Morgan fingerprint density at radius 3 is 2.59 bits per heavy atom. The number of hydrazine groups is 1. The second-order valence-corrected chi connectivity index (χ2v) is 11.7. The van der Waals surface area contributed by atoms with Gasteiger partial charge < -0.3 is 15.4 Å². The third-order valence-corrected chi connectivity index (χ3v) is 7.37. The summed E-state index contributed by atoms with van der Waals surface area (Å²) in [5, 5.41) is 8.71. The lowest BCUT2D eigenvalue weighted by Crippen LogP contribution is -2.61. The number of carbonyl (C=O) groups excluding carboxylic acids is 3. The number of amides is 2. The number of esters is 1. The minimum absolute atomic E-state index is 0.0173. The van der Waals surface area contributed by atoms with Gasteiger partial charge in [-0.05, 0) is 55.7 Å². The van der Waals surface area contributed by atoms with Gasteiger partial charge in [0.2, 0.25) is 5.91 Å². The van der Waals surface area contributed by atoms with Gasteiger partial charge in [-0.25, -0.2) is 10.4 Å². The Kier molecular flexibility index (Phi) is 8.71. The van der Waals surface area contributed by atoms with Gasteiger partial charge in [0.05, 0.1) is 17.3 Å². The Balaban J connectivity index is 1.67. The van der Waals surface area contributed by atoms with Crippen molar-refractivity contribution in [3.8, 4) is 0 Å². The van der Waals surface area contributed by atoms with Gasteiger partial charge in [0.25, 0.3) is 5.91 Å². The number of nitrogens with zero attached hydrogens (tertiary/aromatic N) is 2. The number of cyclic esters (lactones) is 1. The summed E-state index contributed by atoms with van der Waals surface area (Å²) in [6.07, 6.45) is 4.82. The minimum atomic E-state index is -0.758. The summed E-state index contributed by atoms with van der Waals surface area (Å²) >= 11 is 0. The highest BCUT2D eigenvalue weighted by Crippen LogP contribution is 2.24. The number of aromatic nitrogens is 1. The van der Waals surface area contributed by atoms with Crippen LogP contribution in [0.2, 0.25) is 0 Å². The molecule has 1 saturated heterocycles. The number of hydrogen-bond acceptors (Lipinski definition) is 7. The van der Waals surface area contributed by atoms with Gasteiger partial charge in [-0.1, -0.05) is 58.0 Å². The van der Waals surface area contributed by atoms with Crippen LogP contribution in [-0.2, 0) is 19.1 Å². The lowest BCUT2D eigenvalue weighted by Gasteiger charge is -2.35. The third kappa shape index (κ3) is 7.02. The van der Waals surface area contributed by atoms with Gasteiger partial charge in [-0.2, -0.15) is 0 Å². The van der Waals surface area contributed by atoms with E-state index in [2.05, 4.69) is 42.1 Å². The SMILES string of the molecule is CC1NC(=O)C(C(C)C)NCC(C)(C)C=Cc2ccc3ccc(nc3c2)C(C)OC(=O)C2CCCN(N2)C1=O. The second-order valence-electron chi connectivity index (χ2n) is 11.7. The maximum absolute atomic E-state index is 13.2. The van der Waals surface area contributed by atoms with Gasteiger partial charge in [0, 0.05) is 18.5 Å². The van der Waals surface area contributed by atoms with Crippen molar-refractivity contribution in [1.29, 1.82) is 0 Å². The van der Waals surface area contributed by atoms with E-state index in [1.54, 1.807) is 13.8 Å². The highest BCUT2D eigenvalue weighted by Gasteiger charge is 2.34. The van der Waals surface area contributed by atoms with Gasteiger partial charge in [0.1, 0.15) is 18.2 Å². The molecule has 2 aromatic rings. The molecule has 9 nitrogen and oxygen atoms in total. The molecule has 1 fully saturated rings. The molecule has 3 N–H and O–H groups in total. The van der Waals surface area contributed by atoms with E-state index in [0.29, 0.717) is 31.6 Å². The van der Waals surface area contributed by atoms with E-state index in [-0.39, 0.29) is 23.1 Å². The summed E-state index contributed by atoms with van der Waals surface area (Å²) in [5.41, 5.74) is 5.26. The standard InChI is InChI=1S/C30H41N5O4/c1-18(2)26-27(36)32-19(3)28(37)35-15-7-8-24(34-35)29(38)39-20(4)23-12-11-22-10-9-21(16-25(22)33-23)13-14-30(5,6)17-31-26/h9-14,16,18-20,24,26,31,34H,7-8,15,17H2,1-6H3,(H,32,36). The molecule has 4 rings (SSSR count). The normalized spacial score (nSPS) is 26.9. The first kappa shape index (κ1) is 28.7. The van der Waals surface area contributed by atoms with Crippen molar-refractivity contribution in [3.63, 3.8) is 0 Å². The molecule has 2 amide bonds. The topological polar surface area (TPSA) is 113 Å². The first-order valence-corrected chi connectivity index (χ1v) is 13.9. The molecular weight excluding hydrogens is 494 g/mol. The van der Waals surface area contributed by atoms with Crippen LogP contribution in [0.15, 0.2) is 36.4 Å². The van der Waals surface area contributed by atoms with Gasteiger partial charge in [0.15, 0.2) is 0 Å². The fourth-order valence-corrected chi connectivity index (χ4v) is 4.90. The molecule has 0 saturated carbocycles. The highest BCUT2D eigenvalue weighted by atomic mass is 16.5. The second kappa shape index (κ2) is 11.8. The monoisotopic (exact) mass is 535 g/mol. The predicted molar refractivity (Wildman–Crippen MR) is 151 cm³/mol. The summed E-state index contributed by atoms with van der Waals surface area (Å²) in [6.45, 7) is 12.7. The van der Waals surface area contributed by atoms with Gasteiger partial charge in [-0.15, -0.1) is 0 Å². The van der Waals surface area contributed by atoms with E-state index >= 15 is 0 Å². The van der Waals surface area contributed by atoms with Crippen LogP contribution in [0.1, 0.15) is 71.7 Å². The van der Waals surface area contributed by atoms with Gasteiger partial charge in [-0.3, -0.25) is 19.4 Å². The molecule has 39 heavy (non-hydrogen) atoms. The van der Waals surface area contributed by atoms with Crippen LogP contribution in [0.3, 0.4) is 0 Å². The zero-order valence-corrected chi connectivity index (χ0v) is 23.8. The van der Waals surface area contributed by atoms with Crippen LogP contribution < -0.4 is 16.1 Å². The fraction of sp³-hybridized carbons (Fsp3) is 0.533. The van der Waals surface area contributed by atoms with Crippen LogP contribution >= 0.6 is 0 Å². The number of ether oxygens (including phenoxy) is 1. The number of carbonyl (C=O) groups is 3. The largest absolute Gasteiger partial charge is 0.455 e. The molecule has 210 valence electrons. The van der Waals surface area contributed by atoms with Crippen molar-refractivity contribution < 1.29 is 19.1 Å². The minimum Gasteiger partial charge on any atom is -0.455 e. The van der Waals surface area contributed by atoms with Crippen LogP contribution in [0, 0.1) is 11.3 Å². The average Bonchev–Trinajstić information content (AvgIpc) is 2.90. The zero-order chi connectivity index (χ0) is 28.3. The maximum atomic E-state index is 13.2. The Labute approximate surface area is 230 Å². The van der Waals surface area contributed by atoms with E-state index in [0.717, 1.165) is 16.5 Å². The lowest BCUT2D eigenvalue weighted by atomic mass is 9.90. The smallest absolute Gasteiger partial charge is 0.325 e. The van der Waals surface area contributed by atoms with Crippen molar-refractivity contribution >= 4 is 34.8 Å². The number of nitrogens with one attached hydrogen (secondary N) is 3. The summed E-state index contributed by atoms with van der Waals surface area (Å²) in [6, 6.07) is 8.07. The fourth-order valence-electron chi connectivity index (χ4n) is 4.90. The number of benzene rings is 1. The van der Waals surface area contributed by atoms with Crippen molar-refractivity contribution in [2.45, 2.75) is 78.6 Å². The average molecular weight is 536 g/mol. The molecule has 0 radical (unpaired) electrons. The third-order valence-electron chi connectivity index (χ3n) is 7.37. The van der Waals surface area contributed by atoms with Crippen molar-refractivity contribution in [1.82, 2.24) is 26.1 Å². The maximum Gasteiger partial charge on any atom is 0.325 e. The summed E-state index contributed by atoms with van der Waals surface area (Å²) in [5.74, 6) is -0.942. The summed E-state index contributed by atoms with van der Waals surface area (Å²) in [4.78, 5) is 44.2. The van der Waals surface area contributed by atoms with Crippen LogP contribution in [0.5, 0.6) is 0 Å². The Hall–Kier alpha value is -3.30. The Morgan fingerprint density at radius 1 is 1.10 bits per heavy atom. The van der Waals surface area contributed by atoms with E-state index < -0.39 is 30.2 Å². The Bertz CT molecular complexity index is 1260. The first-order chi connectivity index (χ1) is 18.4. The lowest BCUT2D eigenvalue weighted by molar-refractivity contribution is -0.157. The molecule has 0 aliphatic carbocycles. The summed E-state index contributed by atoms with van der Waals surface area (Å²) < 4.78 is 5.77. The molecule has 0 spiro atoms. The number of fused-ring (bicyclic) bond motifs is 4. The van der Waals surface area contributed by atoms with Crippen LogP contribution in [-0.4, -0.2) is 59.0 Å². The molecule has 4 atom stereocenters. The van der Waals surface area contributed by atoms with Crippen molar-refractivity contribution in [3.05, 3.63) is 47.7 Å². The van der Waals surface area contributed by atoms with E-state index in [1.807, 2.05) is 44.2 Å².